The van der Waals surface area contributed by atoms with E-state index in [1.54, 1.807) is 0 Å². The molecule has 1 saturated carbocycles. The average molecular weight is 696 g/mol. The van der Waals surface area contributed by atoms with Crippen molar-refractivity contribution in [3.8, 4) is 33.4 Å². The predicted molar refractivity (Wildman–Crippen MR) is 230 cm³/mol. The summed E-state index contributed by atoms with van der Waals surface area (Å²) in [6, 6.07) is 63.8. The number of hydrogen-bond donors (Lipinski definition) is 0. The van der Waals surface area contributed by atoms with Crippen LogP contribution in [-0.4, -0.2) is 0 Å². The smallest absolute Gasteiger partial charge is 0.0618 e. The van der Waals surface area contributed by atoms with Crippen LogP contribution in [0, 0.1) is 0 Å². The number of anilines is 3. The van der Waals surface area contributed by atoms with Gasteiger partial charge in [0, 0.05) is 27.7 Å². The second-order valence-electron chi connectivity index (χ2n) is 16.0. The van der Waals surface area contributed by atoms with Crippen LogP contribution in [0.1, 0.15) is 68.6 Å². The number of nitrogens with zero attached hydrogens (tertiary/aromatic N) is 1. The molecule has 2 aliphatic rings. The molecule has 0 aliphatic heterocycles. The Labute approximate surface area is 319 Å². The van der Waals surface area contributed by atoms with Gasteiger partial charge in [0.05, 0.1) is 5.69 Å². The standard InChI is InChI=1S/C53H45N/c1-53(2)50-19-11-10-18-48(50)49-35-45(31-33-51(49)53)54(44-29-26-40(27-30-44)39-22-20-38(21-23-39)36-12-4-3-5-13-36)52-46-17-9-8-15-41(46)28-32-47(52)43-25-24-37-14-6-7-16-42(37)34-43/h6-11,14-36H,3-5,12-13H2,1-2H3. The molecule has 10 rings (SSSR count). The van der Waals surface area contributed by atoms with Crippen molar-refractivity contribution in [2.24, 2.45) is 0 Å². The van der Waals surface area contributed by atoms with Gasteiger partial charge >= 0.3 is 0 Å². The summed E-state index contributed by atoms with van der Waals surface area (Å²) in [5.41, 5.74) is 15.3. The molecule has 8 aromatic carbocycles. The topological polar surface area (TPSA) is 3.24 Å². The average Bonchev–Trinajstić information content (AvgIpc) is 3.47. The molecule has 0 spiro atoms. The molecule has 2 aliphatic carbocycles. The largest absolute Gasteiger partial charge is 0.309 e. The summed E-state index contributed by atoms with van der Waals surface area (Å²) < 4.78 is 0. The van der Waals surface area contributed by atoms with Gasteiger partial charge in [0.15, 0.2) is 0 Å². The molecular formula is C53H45N. The van der Waals surface area contributed by atoms with E-state index in [2.05, 4.69) is 189 Å². The van der Waals surface area contributed by atoms with Crippen LogP contribution >= 0.6 is 0 Å². The Bertz CT molecular complexity index is 2660. The van der Waals surface area contributed by atoms with Crippen molar-refractivity contribution < 1.29 is 0 Å². The monoisotopic (exact) mass is 695 g/mol. The molecule has 0 atom stereocenters. The second-order valence-corrected chi connectivity index (χ2v) is 16.0. The number of hydrogen-bond acceptors (Lipinski definition) is 1. The molecule has 1 fully saturated rings. The van der Waals surface area contributed by atoms with Crippen molar-refractivity contribution in [1.29, 1.82) is 0 Å². The summed E-state index contributed by atoms with van der Waals surface area (Å²) in [4.78, 5) is 2.51. The number of fused-ring (bicyclic) bond motifs is 5. The van der Waals surface area contributed by atoms with Gasteiger partial charge in [0.2, 0.25) is 0 Å². The summed E-state index contributed by atoms with van der Waals surface area (Å²) in [7, 11) is 0. The summed E-state index contributed by atoms with van der Waals surface area (Å²) in [5, 5.41) is 4.95. The number of rotatable bonds is 6. The highest BCUT2D eigenvalue weighted by Crippen LogP contribution is 2.52. The maximum absolute atomic E-state index is 2.51. The van der Waals surface area contributed by atoms with Crippen molar-refractivity contribution in [2.75, 3.05) is 4.90 Å². The first-order chi connectivity index (χ1) is 26.5. The zero-order chi connectivity index (χ0) is 36.2. The highest BCUT2D eigenvalue weighted by atomic mass is 15.1. The molecule has 262 valence electrons. The van der Waals surface area contributed by atoms with E-state index < -0.39 is 0 Å². The third-order valence-electron chi connectivity index (χ3n) is 12.5. The van der Waals surface area contributed by atoms with E-state index >= 15 is 0 Å². The second kappa shape index (κ2) is 13.2. The van der Waals surface area contributed by atoms with Crippen LogP contribution < -0.4 is 4.90 Å². The predicted octanol–water partition coefficient (Wildman–Crippen LogP) is 15.2. The lowest BCUT2D eigenvalue weighted by Gasteiger charge is -2.30. The third kappa shape index (κ3) is 5.53. The Morgan fingerprint density at radius 3 is 1.85 bits per heavy atom. The van der Waals surface area contributed by atoms with Gasteiger partial charge in [-0.25, -0.2) is 0 Å². The van der Waals surface area contributed by atoms with E-state index in [0.29, 0.717) is 5.92 Å². The Morgan fingerprint density at radius 2 is 1.06 bits per heavy atom. The van der Waals surface area contributed by atoms with E-state index in [9.17, 15) is 0 Å². The molecule has 0 heterocycles. The van der Waals surface area contributed by atoms with Crippen molar-refractivity contribution in [3.05, 3.63) is 187 Å². The molecule has 0 N–H and O–H groups in total. The zero-order valence-corrected chi connectivity index (χ0v) is 31.2. The van der Waals surface area contributed by atoms with Crippen molar-refractivity contribution in [1.82, 2.24) is 0 Å². The van der Waals surface area contributed by atoms with E-state index in [1.807, 2.05) is 0 Å². The van der Waals surface area contributed by atoms with E-state index in [0.717, 1.165) is 11.4 Å². The fourth-order valence-corrected chi connectivity index (χ4v) is 9.53. The molecule has 8 aromatic rings. The minimum absolute atomic E-state index is 0.0564. The van der Waals surface area contributed by atoms with Gasteiger partial charge in [-0.3, -0.25) is 0 Å². The van der Waals surface area contributed by atoms with E-state index in [4.69, 9.17) is 0 Å². The fourth-order valence-electron chi connectivity index (χ4n) is 9.53. The molecule has 0 amide bonds. The minimum Gasteiger partial charge on any atom is -0.309 e. The SMILES string of the molecule is CC1(C)c2ccccc2-c2cc(N(c3ccc(-c4ccc(C5CCCCC5)cc4)cc3)c3c(-c4ccc5ccccc5c4)ccc4ccccc34)ccc21. The highest BCUT2D eigenvalue weighted by Gasteiger charge is 2.35. The van der Waals surface area contributed by atoms with Crippen LogP contribution in [0.5, 0.6) is 0 Å². The summed E-state index contributed by atoms with van der Waals surface area (Å²) in [6.07, 6.45) is 6.75. The Kier molecular flexibility index (Phi) is 7.99. The molecule has 0 unspecified atom stereocenters. The van der Waals surface area contributed by atoms with Gasteiger partial charge in [0.25, 0.3) is 0 Å². The number of benzene rings is 8. The molecule has 1 nitrogen and oxygen atoms in total. The lowest BCUT2D eigenvalue weighted by molar-refractivity contribution is 0.443. The van der Waals surface area contributed by atoms with Gasteiger partial charge in [-0.05, 0) is 110 Å². The highest BCUT2D eigenvalue weighted by molar-refractivity contribution is 6.07. The summed E-state index contributed by atoms with van der Waals surface area (Å²) in [6.45, 7) is 4.72. The van der Waals surface area contributed by atoms with E-state index in [1.165, 1.54) is 109 Å². The van der Waals surface area contributed by atoms with Crippen LogP contribution in [0.3, 0.4) is 0 Å². The third-order valence-corrected chi connectivity index (χ3v) is 12.5. The van der Waals surface area contributed by atoms with E-state index in [-0.39, 0.29) is 5.41 Å². The van der Waals surface area contributed by atoms with Crippen LogP contribution in [0.2, 0.25) is 0 Å². The van der Waals surface area contributed by atoms with Crippen LogP contribution in [0.4, 0.5) is 17.1 Å². The van der Waals surface area contributed by atoms with Gasteiger partial charge in [-0.1, -0.05) is 173 Å². The molecular weight excluding hydrogens is 651 g/mol. The fraction of sp³-hybridized carbons (Fsp3) is 0.170. The Morgan fingerprint density at radius 1 is 0.444 bits per heavy atom. The van der Waals surface area contributed by atoms with Gasteiger partial charge in [-0.15, -0.1) is 0 Å². The first-order valence-corrected chi connectivity index (χ1v) is 19.8. The van der Waals surface area contributed by atoms with Gasteiger partial charge in [-0.2, -0.15) is 0 Å². The van der Waals surface area contributed by atoms with Crippen LogP contribution in [0.25, 0.3) is 54.9 Å². The van der Waals surface area contributed by atoms with Crippen LogP contribution in [-0.2, 0) is 5.41 Å². The molecule has 54 heavy (non-hydrogen) atoms. The molecule has 0 radical (unpaired) electrons. The maximum atomic E-state index is 2.51. The van der Waals surface area contributed by atoms with Crippen molar-refractivity contribution >= 4 is 38.6 Å². The van der Waals surface area contributed by atoms with Gasteiger partial charge in [0.1, 0.15) is 0 Å². The van der Waals surface area contributed by atoms with Crippen LogP contribution in [0.15, 0.2) is 170 Å². The lowest BCUT2D eigenvalue weighted by Crippen LogP contribution is -2.15. The Balaban J connectivity index is 1.16. The molecule has 0 saturated heterocycles. The normalized spacial score (nSPS) is 14.9. The zero-order valence-electron chi connectivity index (χ0n) is 31.2. The molecule has 0 aromatic heterocycles. The minimum atomic E-state index is -0.0564. The molecule has 0 bridgehead atoms. The first-order valence-electron chi connectivity index (χ1n) is 19.8. The maximum Gasteiger partial charge on any atom is 0.0618 e. The Hall–Kier alpha value is -5.92. The quantitative estimate of drug-likeness (QED) is 0.167. The van der Waals surface area contributed by atoms with Gasteiger partial charge < -0.3 is 4.90 Å². The summed E-state index contributed by atoms with van der Waals surface area (Å²) >= 11 is 0. The first kappa shape index (κ1) is 32.7. The van der Waals surface area contributed by atoms with Crippen molar-refractivity contribution in [3.63, 3.8) is 0 Å². The summed E-state index contributed by atoms with van der Waals surface area (Å²) in [5.74, 6) is 0.714. The molecule has 1 heteroatoms. The lowest BCUT2D eigenvalue weighted by atomic mass is 9.82. The van der Waals surface area contributed by atoms with Crippen molar-refractivity contribution in [2.45, 2.75) is 57.3 Å².